The molecule has 0 spiro atoms. The molecule has 0 fully saturated rings. The van der Waals surface area contributed by atoms with E-state index in [1.807, 2.05) is 45.0 Å². The number of anilines is 1. The van der Waals surface area contributed by atoms with Gasteiger partial charge >= 0.3 is 6.03 Å². The number of rotatable bonds is 2. The molecule has 0 bridgehead atoms. The average Bonchev–Trinajstić information content (AvgIpc) is 2.91. The van der Waals surface area contributed by atoms with Crippen LogP contribution < -0.4 is 10.2 Å². The highest BCUT2D eigenvalue weighted by atomic mass is 16.2. The second-order valence-electron chi connectivity index (χ2n) is 6.54. The SMILES string of the molecule is CC(C)(C)NC(=O)CN1C(=O)N2CCN=C2c2ccccc21. The van der Waals surface area contributed by atoms with Gasteiger partial charge < -0.3 is 5.32 Å². The lowest BCUT2D eigenvalue weighted by atomic mass is 10.1. The number of amides is 3. The predicted molar refractivity (Wildman–Crippen MR) is 85.2 cm³/mol. The van der Waals surface area contributed by atoms with Crippen LogP contribution in [-0.2, 0) is 4.79 Å². The zero-order chi connectivity index (χ0) is 15.9. The lowest BCUT2D eigenvalue weighted by Gasteiger charge is -2.35. The molecule has 1 aromatic rings. The molecule has 0 saturated carbocycles. The minimum Gasteiger partial charge on any atom is -0.350 e. The summed E-state index contributed by atoms with van der Waals surface area (Å²) >= 11 is 0. The lowest BCUT2D eigenvalue weighted by molar-refractivity contribution is -0.121. The Bertz CT molecular complexity index is 660. The maximum absolute atomic E-state index is 12.7. The number of carbonyl (C=O) groups is 2. The summed E-state index contributed by atoms with van der Waals surface area (Å²) in [4.78, 5) is 32.5. The summed E-state index contributed by atoms with van der Waals surface area (Å²) in [7, 11) is 0. The topological polar surface area (TPSA) is 65.0 Å². The normalized spacial score (nSPS) is 17.0. The summed E-state index contributed by atoms with van der Waals surface area (Å²) in [5.41, 5.74) is 1.33. The molecule has 0 atom stereocenters. The van der Waals surface area contributed by atoms with E-state index >= 15 is 0 Å². The molecule has 1 aromatic carbocycles. The number of hydrogen-bond acceptors (Lipinski definition) is 3. The molecule has 6 nitrogen and oxygen atoms in total. The van der Waals surface area contributed by atoms with Crippen molar-refractivity contribution in [1.82, 2.24) is 10.2 Å². The Kier molecular flexibility index (Phi) is 3.39. The molecule has 0 saturated heterocycles. The second-order valence-corrected chi connectivity index (χ2v) is 6.54. The Morgan fingerprint density at radius 2 is 2.05 bits per heavy atom. The van der Waals surface area contributed by atoms with E-state index in [-0.39, 0.29) is 24.0 Å². The van der Waals surface area contributed by atoms with Gasteiger partial charge in [-0.2, -0.15) is 0 Å². The third-order valence-electron chi connectivity index (χ3n) is 3.55. The van der Waals surface area contributed by atoms with Crippen LogP contribution in [0, 0.1) is 0 Å². The van der Waals surface area contributed by atoms with E-state index in [4.69, 9.17) is 0 Å². The van der Waals surface area contributed by atoms with Gasteiger partial charge in [-0.15, -0.1) is 0 Å². The van der Waals surface area contributed by atoms with Crippen molar-refractivity contribution >= 4 is 23.5 Å². The number of nitrogens with one attached hydrogen (secondary N) is 1. The fraction of sp³-hybridized carbons (Fsp3) is 0.438. The van der Waals surface area contributed by atoms with Gasteiger partial charge in [-0.05, 0) is 32.9 Å². The number of para-hydroxylation sites is 1. The first-order chi connectivity index (χ1) is 10.4. The fourth-order valence-corrected chi connectivity index (χ4v) is 2.77. The zero-order valence-electron chi connectivity index (χ0n) is 13.1. The molecule has 0 aromatic heterocycles. The van der Waals surface area contributed by atoms with Gasteiger partial charge in [0.15, 0.2) is 0 Å². The number of hydrogen-bond donors (Lipinski definition) is 1. The molecular formula is C16H20N4O2. The molecule has 3 rings (SSSR count). The number of amidine groups is 1. The quantitative estimate of drug-likeness (QED) is 0.901. The summed E-state index contributed by atoms with van der Waals surface area (Å²) in [5, 5.41) is 2.90. The third kappa shape index (κ3) is 2.56. The van der Waals surface area contributed by atoms with Gasteiger partial charge in [-0.3, -0.25) is 19.6 Å². The highest BCUT2D eigenvalue weighted by Gasteiger charge is 2.37. The van der Waals surface area contributed by atoms with Gasteiger partial charge in [0.25, 0.3) is 0 Å². The molecule has 22 heavy (non-hydrogen) atoms. The molecule has 2 aliphatic heterocycles. The largest absolute Gasteiger partial charge is 0.350 e. The standard InChI is InChI=1S/C16H20N4O2/c1-16(2,3)18-13(21)10-20-12-7-5-4-6-11(12)14-17-8-9-19(14)15(20)22/h4-7H,8-10H2,1-3H3,(H,18,21). The maximum atomic E-state index is 12.7. The minimum absolute atomic E-state index is 0.0108. The van der Waals surface area contributed by atoms with Crippen LogP contribution in [0.3, 0.4) is 0 Å². The molecule has 1 N–H and O–H groups in total. The number of benzene rings is 1. The summed E-state index contributed by atoms with van der Waals surface area (Å²) in [6, 6.07) is 7.40. The maximum Gasteiger partial charge on any atom is 0.330 e. The summed E-state index contributed by atoms with van der Waals surface area (Å²) in [6.07, 6.45) is 0. The van der Waals surface area contributed by atoms with E-state index in [9.17, 15) is 9.59 Å². The van der Waals surface area contributed by atoms with Crippen molar-refractivity contribution in [2.24, 2.45) is 4.99 Å². The predicted octanol–water partition coefficient (Wildman–Crippen LogP) is 1.60. The van der Waals surface area contributed by atoms with Crippen LogP contribution in [0.2, 0.25) is 0 Å². The highest BCUT2D eigenvalue weighted by Crippen LogP contribution is 2.30. The molecule has 2 heterocycles. The molecule has 116 valence electrons. The van der Waals surface area contributed by atoms with Crippen molar-refractivity contribution in [1.29, 1.82) is 0 Å². The fourth-order valence-electron chi connectivity index (χ4n) is 2.77. The zero-order valence-corrected chi connectivity index (χ0v) is 13.1. The van der Waals surface area contributed by atoms with E-state index in [1.54, 1.807) is 4.90 Å². The van der Waals surface area contributed by atoms with Gasteiger partial charge in [-0.25, -0.2) is 4.79 Å². The Morgan fingerprint density at radius 1 is 1.32 bits per heavy atom. The molecule has 3 amide bonds. The van der Waals surface area contributed by atoms with Crippen molar-refractivity contribution in [2.45, 2.75) is 26.3 Å². The van der Waals surface area contributed by atoms with Crippen LogP contribution in [-0.4, -0.2) is 47.8 Å². The Balaban J connectivity index is 1.91. The van der Waals surface area contributed by atoms with Gasteiger partial charge in [0, 0.05) is 17.6 Å². The van der Waals surface area contributed by atoms with Gasteiger partial charge in [0.05, 0.1) is 12.2 Å². The molecule has 0 aliphatic carbocycles. The van der Waals surface area contributed by atoms with Gasteiger partial charge in [-0.1, -0.05) is 12.1 Å². The average molecular weight is 300 g/mol. The highest BCUT2D eigenvalue weighted by molar-refractivity contribution is 6.20. The third-order valence-corrected chi connectivity index (χ3v) is 3.55. The first kappa shape index (κ1) is 14.6. The first-order valence-corrected chi connectivity index (χ1v) is 7.41. The van der Waals surface area contributed by atoms with E-state index in [0.717, 1.165) is 11.3 Å². The number of urea groups is 1. The molecule has 0 unspecified atom stereocenters. The van der Waals surface area contributed by atoms with Crippen LogP contribution >= 0.6 is 0 Å². The number of fused-ring (bicyclic) bond motifs is 3. The van der Waals surface area contributed by atoms with Crippen molar-refractivity contribution < 1.29 is 9.59 Å². The summed E-state index contributed by atoms with van der Waals surface area (Å²) in [5.74, 6) is 0.545. The smallest absolute Gasteiger partial charge is 0.330 e. The van der Waals surface area contributed by atoms with Crippen molar-refractivity contribution in [2.75, 3.05) is 24.5 Å². The number of carbonyl (C=O) groups excluding carboxylic acids is 2. The molecule has 2 aliphatic rings. The van der Waals surface area contributed by atoms with E-state index in [0.29, 0.717) is 18.9 Å². The lowest BCUT2D eigenvalue weighted by Crippen LogP contribution is -2.54. The van der Waals surface area contributed by atoms with Crippen LogP contribution in [0.15, 0.2) is 29.3 Å². The second kappa shape index (κ2) is 5.12. The number of aliphatic imine (C=N–C) groups is 1. The summed E-state index contributed by atoms with van der Waals surface area (Å²) < 4.78 is 0. The molecular weight excluding hydrogens is 280 g/mol. The van der Waals surface area contributed by atoms with Gasteiger partial charge in [0.1, 0.15) is 12.4 Å². The van der Waals surface area contributed by atoms with Crippen molar-refractivity contribution in [3.05, 3.63) is 29.8 Å². The van der Waals surface area contributed by atoms with E-state index < -0.39 is 0 Å². The monoisotopic (exact) mass is 300 g/mol. The van der Waals surface area contributed by atoms with Crippen molar-refractivity contribution in [3.63, 3.8) is 0 Å². The van der Waals surface area contributed by atoms with Crippen LogP contribution in [0.4, 0.5) is 10.5 Å². The van der Waals surface area contributed by atoms with E-state index in [2.05, 4.69) is 10.3 Å². The Labute approximate surface area is 129 Å². The molecule has 6 heteroatoms. The molecule has 0 radical (unpaired) electrons. The van der Waals surface area contributed by atoms with E-state index in [1.165, 1.54) is 4.90 Å². The van der Waals surface area contributed by atoms with Crippen LogP contribution in [0.25, 0.3) is 0 Å². The van der Waals surface area contributed by atoms with Gasteiger partial charge in [0.2, 0.25) is 5.91 Å². The summed E-state index contributed by atoms with van der Waals surface area (Å²) in [6.45, 7) is 6.94. The van der Waals surface area contributed by atoms with Crippen molar-refractivity contribution in [3.8, 4) is 0 Å². The first-order valence-electron chi connectivity index (χ1n) is 7.41. The van der Waals surface area contributed by atoms with Crippen LogP contribution in [0.1, 0.15) is 26.3 Å². The van der Waals surface area contributed by atoms with Crippen LogP contribution in [0.5, 0.6) is 0 Å². The Morgan fingerprint density at radius 3 is 2.77 bits per heavy atom. The number of nitrogens with zero attached hydrogens (tertiary/aromatic N) is 3. The minimum atomic E-state index is -0.324. The Hall–Kier alpha value is -2.37.